The van der Waals surface area contributed by atoms with Gasteiger partial charge in [0.05, 0.1) is 17.6 Å². The minimum absolute atomic E-state index is 0.677. The van der Waals surface area contributed by atoms with E-state index in [1.165, 1.54) is 17.7 Å². The summed E-state index contributed by atoms with van der Waals surface area (Å²) in [5, 5.41) is 4.62. The first-order valence-corrected chi connectivity index (χ1v) is 5.48. The predicted octanol–water partition coefficient (Wildman–Crippen LogP) is 2.47. The summed E-state index contributed by atoms with van der Waals surface area (Å²) in [6.45, 7) is 6.40. The summed E-state index contributed by atoms with van der Waals surface area (Å²) in [4.78, 5) is 4.45. The van der Waals surface area contributed by atoms with E-state index in [9.17, 15) is 0 Å². The van der Waals surface area contributed by atoms with Crippen LogP contribution in [0.2, 0.25) is 0 Å². The van der Waals surface area contributed by atoms with Crippen molar-refractivity contribution >= 4 is 5.65 Å². The highest BCUT2D eigenvalue weighted by molar-refractivity contribution is 5.48. The maximum absolute atomic E-state index is 4.62. The topological polar surface area (TPSA) is 30.2 Å². The molecule has 0 aromatic carbocycles. The van der Waals surface area contributed by atoms with Crippen molar-refractivity contribution in [1.29, 1.82) is 0 Å². The normalized spacial score (nSPS) is 24.7. The molecular weight excluding hydrogens is 186 g/mol. The Kier molecular flexibility index (Phi) is 1.67. The lowest BCUT2D eigenvalue weighted by atomic mass is 10.2. The number of fused-ring (bicyclic) bond motifs is 1. The largest absolute Gasteiger partial charge is 0.232 e. The molecule has 3 nitrogen and oxygen atoms in total. The first-order valence-electron chi connectivity index (χ1n) is 5.48. The van der Waals surface area contributed by atoms with Crippen LogP contribution in [0.15, 0.2) is 12.3 Å². The van der Waals surface area contributed by atoms with Gasteiger partial charge in [0.25, 0.3) is 0 Å². The number of nitrogens with zero attached hydrogens (tertiary/aromatic N) is 3. The standard InChI is InChI=1S/C12H15N3/c1-7-4-10(7)11-5-8(2)12-13-9(3)6-15(12)14-11/h5-7,10H,4H2,1-3H3. The highest BCUT2D eigenvalue weighted by Crippen LogP contribution is 2.46. The third-order valence-corrected chi connectivity index (χ3v) is 3.24. The van der Waals surface area contributed by atoms with E-state index in [0.717, 1.165) is 17.3 Å². The Balaban J connectivity index is 2.18. The van der Waals surface area contributed by atoms with E-state index in [0.29, 0.717) is 5.92 Å². The van der Waals surface area contributed by atoms with E-state index in [4.69, 9.17) is 0 Å². The zero-order valence-corrected chi connectivity index (χ0v) is 9.36. The van der Waals surface area contributed by atoms with Crippen molar-refractivity contribution in [3.05, 3.63) is 29.2 Å². The Labute approximate surface area is 89.1 Å². The predicted molar refractivity (Wildman–Crippen MR) is 59.0 cm³/mol. The molecule has 0 bridgehead atoms. The molecule has 2 atom stereocenters. The lowest BCUT2D eigenvalue weighted by Crippen LogP contribution is -1.98. The quantitative estimate of drug-likeness (QED) is 0.709. The molecule has 1 saturated carbocycles. The van der Waals surface area contributed by atoms with Crippen molar-refractivity contribution in [3.8, 4) is 0 Å². The Morgan fingerprint density at radius 3 is 2.80 bits per heavy atom. The van der Waals surface area contributed by atoms with Crippen LogP contribution in [0.5, 0.6) is 0 Å². The van der Waals surface area contributed by atoms with Crippen molar-refractivity contribution in [3.63, 3.8) is 0 Å². The molecule has 0 N–H and O–H groups in total. The van der Waals surface area contributed by atoms with Gasteiger partial charge in [-0.2, -0.15) is 5.10 Å². The molecule has 15 heavy (non-hydrogen) atoms. The molecule has 0 radical (unpaired) electrons. The van der Waals surface area contributed by atoms with E-state index in [2.05, 4.69) is 30.0 Å². The average molecular weight is 201 g/mol. The molecule has 2 aromatic heterocycles. The maximum atomic E-state index is 4.62. The summed E-state index contributed by atoms with van der Waals surface area (Å²) in [5.74, 6) is 1.48. The second kappa shape index (κ2) is 2.81. The van der Waals surface area contributed by atoms with E-state index in [1.807, 2.05) is 17.6 Å². The van der Waals surface area contributed by atoms with Crippen LogP contribution >= 0.6 is 0 Å². The summed E-state index contributed by atoms with van der Waals surface area (Å²) >= 11 is 0. The van der Waals surface area contributed by atoms with Gasteiger partial charge < -0.3 is 0 Å². The summed E-state index contributed by atoms with van der Waals surface area (Å²) in [6, 6.07) is 2.19. The fourth-order valence-corrected chi connectivity index (χ4v) is 2.19. The SMILES string of the molecule is Cc1cn2nc(C3CC3C)cc(C)c2n1. The summed E-state index contributed by atoms with van der Waals surface area (Å²) in [6.07, 6.45) is 3.28. The first kappa shape index (κ1) is 8.89. The van der Waals surface area contributed by atoms with Crippen LogP contribution in [0.3, 0.4) is 0 Å². The number of hydrogen-bond acceptors (Lipinski definition) is 2. The molecule has 3 heteroatoms. The smallest absolute Gasteiger partial charge is 0.156 e. The maximum Gasteiger partial charge on any atom is 0.156 e. The van der Waals surface area contributed by atoms with E-state index >= 15 is 0 Å². The molecule has 0 aliphatic heterocycles. The van der Waals surface area contributed by atoms with Crippen molar-refractivity contribution in [1.82, 2.24) is 14.6 Å². The molecule has 0 saturated heterocycles. The van der Waals surface area contributed by atoms with E-state index < -0.39 is 0 Å². The van der Waals surface area contributed by atoms with Crippen molar-refractivity contribution in [2.75, 3.05) is 0 Å². The zero-order chi connectivity index (χ0) is 10.6. The van der Waals surface area contributed by atoms with Gasteiger partial charge in [0.1, 0.15) is 0 Å². The molecule has 1 aliphatic carbocycles. The molecular formula is C12H15N3. The number of imidazole rings is 1. The summed E-state index contributed by atoms with van der Waals surface area (Å²) in [5.41, 5.74) is 4.48. The van der Waals surface area contributed by atoms with Gasteiger partial charge in [0.15, 0.2) is 5.65 Å². The monoisotopic (exact) mass is 201 g/mol. The molecule has 3 rings (SSSR count). The molecule has 1 aliphatic rings. The van der Waals surface area contributed by atoms with Gasteiger partial charge in [-0.3, -0.25) is 0 Å². The van der Waals surface area contributed by atoms with Crippen LogP contribution in [0, 0.1) is 19.8 Å². The van der Waals surface area contributed by atoms with Gasteiger partial charge in [0.2, 0.25) is 0 Å². The van der Waals surface area contributed by atoms with Crippen LogP contribution in [0.25, 0.3) is 5.65 Å². The minimum atomic E-state index is 0.677. The number of aryl methyl sites for hydroxylation is 2. The van der Waals surface area contributed by atoms with Crippen LogP contribution in [-0.2, 0) is 0 Å². The number of aromatic nitrogens is 3. The van der Waals surface area contributed by atoms with Crippen LogP contribution < -0.4 is 0 Å². The van der Waals surface area contributed by atoms with Crippen LogP contribution in [0.4, 0.5) is 0 Å². The average Bonchev–Trinajstić information content (AvgIpc) is 2.76. The zero-order valence-electron chi connectivity index (χ0n) is 9.36. The summed E-state index contributed by atoms with van der Waals surface area (Å²) in [7, 11) is 0. The second-order valence-corrected chi connectivity index (χ2v) is 4.72. The Morgan fingerprint density at radius 1 is 1.40 bits per heavy atom. The third kappa shape index (κ3) is 1.34. The van der Waals surface area contributed by atoms with Crippen molar-refractivity contribution < 1.29 is 0 Å². The molecule has 0 spiro atoms. The minimum Gasteiger partial charge on any atom is -0.232 e. The van der Waals surface area contributed by atoms with Gasteiger partial charge in [-0.25, -0.2) is 9.50 Å². The second-order valence-electron chi connectivity index (χ2n) is 4.72. The molecule has 78 valence electrons. The molecule has 0 amide bonds. The molecule has 2 unspecified atom stereocenters. The molecule has 1 fully saturated rings. The first-order chi connectivity index (χ1) is 7.15. The van der Waals surface area contributed by atoms with Gasteiger partial charge >= 0.3 is 0 Å². The van der Waals surface area contributed by atoms with Crippen molar-refractivity contribution in [2.24, 2.45) is 5.92 Å². The highest BCUT2D eigenvalue weighted by Gasteiger charge is 2.35. The highest BCUT2D eigenvalue weighted by atomic mass is 15.3. The fourth-order valence-electron chi connectivity index (χ4n) is 2.19. The van der Waals surface area contributed by atoms with Gasteiger partial charge in [-0.1, -0.05) is 6.92 Å². The number of rotatable bonds is 1. The summed E-state index contributed by atoms with van der Waals surface area (Å²) < 4.78 is 1.92. The van der Waals surface area contributed by atoms with Gasteiger partial charge in [0, 0.05) is 5.92 Å². The van der Waals surface area contributed by atoms with Gasteiger partial charge in [-0.05, 0) is 37.8 Å². The lowest BCUT2D eigenvalue weighted by Gasteiger charge is -2.02. The van der Waals surface area contributed by atoms with E-state index in [1.54, 1.807) is 0 Å². The Hall–Kier alpha value is -1.38. The Bertz CT molecular complexity index is 527. The van der Waals surface area contributed by atoms with E-state index in [-0.39, 0.29) is 0 Å². The third-order valence-electron chi connectivity index (χ3n) is 3.24. The van der Waals surface area contributed by atoms with Crippen LogP contribution in [-0.4, -0.2) is 14.6 Å². The van der Waals surface area contributed by atoms with Crippen molar-refractivity contribution in [2.45, 2.75) is 33.1 Å². The Morgan fingerprint density at radius 2 is 2.13 bits per heavy atom. The molecule has 2 aromatic rings. The fraction of sp³-hybridized carbons (Fsp3) is 0.500. The lowest BCUT2D eigenvalue weighted by molar-refractivity contribution is 0.811. The van der Waals surface area contributed by atoms with Gasteiger partial charge in [-0.15, -0.1) is 0 Å². The number of hydrogen-bond donors (Lipinski definition) is 0. The molecule has 2 heterocycles. The van der Waals surface area contributed by atoms with Crippen LogP contribution in [0.1, 0.15) is 36.2 Å².